The summed E-state index contributed by atoms with van der Waals surface area (Å²) in [6, 6.07) is 6.61. The van der Waals surface area contributed by atoms with E-state index in [0.29, 0.717) is 16.8 Å². The molecule has 166 valence electrons. The number of fused-ring (bicyclic) bond motifs is 2. The van der Waals surface area contributed by atoms with E-state index in [2.05, 4.69) is 31.5 Å². The molecule has 2 fully saturated rings. The standard InChI is InChI=1S/C23H23F2N5O2/c1-13(16-4-3-5-18-20(16)32-12-23(18,24)25)27-21-17-6-15(7-26-19(17)14(2)28-29-21)30-8-22(9-30)10-31-11-22/h3-7,13H,8-12H2,1-2H3,(H,27,29)/t13-/m1/s1. The van der Waals surface area contributed by atoms with Gasteiger partial charge in [0.1, 0.15) is 5.75 Å². The largest absolute Gasteiger partial charge is 0.486 e. The average molecular weight is 439 g/mol. The number of aromatic nitrogens is 3. The third kappa shape index (κ3) is 2.91. The summed E-state index contributed by atoms with van der Waals surface area (Å²) in [5, 5.41) is 12.8. The molecule has 7 nitrogen and oxygen atoms in total. The van der Waals surface area contributed by atoms with Crippen molar-refractivity contribution in [1.82, 2.24) is 15.2 Å². The van der Waals surface area contributed by atoms with E-state index in [4.69, 9.17) is 9.47 Å². The van der Waals surface area contributed by atoms with Crippen LogP contribution in [-0.2, 0) is 10.7 Å². The average Bonchev–Trinajstić information content (AvgIpc) is 3.03. The number of para-hydroxylation sites is 1. The van der Waals surface area contributed by atoms with Gasteiger partial charge in [-0.15, -0.1) is 5.10 Å². The molecule has 6 rings (SSSR count). The Morgan fingerprint density at radius 2 is 1.97 bits per heavy atom. The number of pyridine rings is 1. The summed E-state index contributed by atoms with van der Waals surface area (Å²) in [6.45, 7) is 6.70. The van der Waals surface area contributed by atoms with Crippen molar-refractivity contribution >= 4 is 22.4 Å². The fourth-order valence-electron chi connectivity index (χ4n) is 4.82. The number of nitrogens with one attached hydrogen (secondary N) is 1. The van der Waals surface area contributed by atoms with Crippen LogP contribution in [0.3, 0.4) is 0 Å². The molecule has 0 radical (unpaired) electrons. The van der Waals surface area contributed by atoms with Gasteiger partial charge >= 0.3 is 5.92 Å². The Bertz CT molecular complexity index is 1220. The van der Waals surface area contributed by atoms with Crippen molar-refractivity contribution in [2.24, 2.45) is 5.41 Å². The minimum atomic E-state index is -2.97. The van der Waals surface area contributed by atoms with Gasteiger partial charge in [-0.1, -0.05) is 12.1 Å². The maximum Gasteiger partial charge on any atom is 0.310 e. The summed E-state index contributed by atoms with van der Waals surface area (Å²) in [4.78, 5) is 6.94. The van der Waals surface area contributed by atoms with E-state index in [0.717, 1.165) is 48.6 Å². The van der Waals surface area contributed by atoms with Gasteiger partial charge in [0, 0.05) is 24.0 Å². The van der Waals surface area contributed by atoms with Gasteiger partial charge in [-0.3, -0.25) is 4.98 Å². The van der Waals surface area contributed by atoms with Crippen LogP contribution >= 0.6 is 0 Å². The van der Waals surface area contributed by atoms with Gasteiger partial charge in [0.05, 0.1) is 53.3 Å². The number of hydrogen-bond acceptors (Lipinski definition) is 7. The first-order chi connectivity index (χ1) is 15.4. The van der Waals surface area contributed by atoms with Crippen LogP contribution in [0, 0.1) is 12.3 Å². The maximum absolute atomic E-state index is 14.1. The second kappa shape index (κ2) is 6.71. The van der Waals surface area contributed by atoms with E-state index in [1.807, 2.05) is 20.0 Å². The van der Waals surface area contributed by atoms with Crippen molar-refractivity contribution in [1.29, 1.82) is 0 Å². The molecule has 3 aliphatic heterocycles. The highest BCUT2D eigenvalue weighted by atomic mass is 19.3. The van der Waals surface area contributed by atoms with Crippen molar-refractivity contribution in [3.63, 3.8) is 0 Å². The zero-order chi connectivity index (χ0) is 22.1. The van der Waals surface area contributed by atoms with Gasteiger partial charge in [-0.05, 0) is 26.0 Å². The Morgan fingerprint density at radius 3 is 2.72 bits per heavy atom. The van der Waals surface area contributed by atoms with Gasteiger partial charge in [-0.25, -0.2) is 0 Å². The molecule has 1 atom stereocenters. The van der Waals surface area contributed by atoms with Gasteiger partial charge in [-0.2, -0.15) is 13.9 Å². The molecule has 1 N–H and O–H groups in total. The van der Waals surface area contributed by atoms with Crippen molar-refractivity contribution < 1.29 is 18.3 Å². The van der Waals surface area contributed by atoms with Crippen molar-refractivity contribution in [2.75, 3.05) is 43.1 Å². The minimum Gasteiger partial charge on any atom is -0.486 e. The number of nitrogens with zero attached hydrogens (tertiary/aromatic N) is 4. The SMILES string of the molecule is Cc1nnc(N[C@H](C)c2cccc3c2OCC3(F)F)c2cc(N3CC4(COC4)C3)cnc12. The predicted octanol–water partition coefficient (Wildman–Crippen LogP) is 3.83. The van der Waals surface area contributed by atoms with Crippen molar-refractivity contribution in [2.45, 2.75) is 25.8 Å². The summed E-state index contributed by atoms with van der Waals surface area (Å²) in [5.74, 6) is -2.16. The van der Waals surface area contributed by atoms with Crippen LogP contribution in [0.1, 0.15) is 29.8 Å². The van der Waals surface area contributed by atoms with Crippen LogP contribution in [-0.4, -0.2) is 48.1 Å². The molecule has 0 unspecified atom stereocenters. The highest BCUT2D eigenvalue weighted by Gasteiger charge is 2.49. The number of ether oxygens (including phenoxy) is 2. The molecule has 1 aromatic carbocycles. The zero-order valence-electron chi connectivity index (χ0n) is 17.9. The first kappa shape index (κ1) is 19.6. The maximum atomic E-state index is 14.1. The van der Waals surface area contributed by atoms with Crippen LogP contribution in [0.5, 0.6) is 5.75 Å². The van der Waals surface area contributed by atoms with Crippen LogP contribution in [0.2, 0.25) is 0 Å². The van der Waals surface area contributed by atoms with Crippen LogP contribution < -0.4 is 15.0 Å². The lowest BCUT2D eigenvalue weighted by Gasteiger charge is -2.55. The van der Waals surface area contributed by atoms with Gasteiger partial charge in [0.2, 0.25) is 0 Å². The lowest BCUT2D eigenvalue weighted by Crippen LogP contribution is -2.66. The first-order valence-electron chi connectivity index (χ1n) is 10.7. The van der Waals surface area contributed by atoms with E-state index in [9.17, 15) is 8.78 Å². The normalized spacial score (nSPS) is 20.9. The lowest BCUT2D eigenvalue weighted by molar-refractivity contribution is -0.127. The fourth-order valence-corrected chi connectivity index (χ4v) is 4.82. The molecule has 0 bridgehead atoms. The molecule has 0 amide bonds. The predicted molar refractivity (Wildman–Crippen MR) is 115 cm³/mol. The molecular formula is C23H23F2N5O2. The summed E-state index contributed by atoms with van der Waals surface area (Å²) in [7, 11) is 0. The number of alkyl halides is 2. The molecule has 2 saturated heterocycles. The smallest absolute Gasteiger partial charge is 0.310 e. The number of benzene rings is 1. The fraction of sp³-hybridized carbons (Fsp3) is 0.435. The Labute approximate surface area is 183 Å². The molecule has 1 spiro atoms. The number of hydrogen-bond donors (Lipinski definition) is 1. The van der Waals surface area contributed by atoms with Crippen molar-refractivity contribution in [3.05, 3.63) is 47.3 Å². The van der Waals surface area contributed by atoms with Crippen LogP contribution in [0.15, 0.2) is 30.5 Å². The summed E-state index contributed by atoms with van der Waals surface area (Å²) in [5.41, 5.74) is 3.42. The van der Waals surface area contributed by atoms with Gasteiger partial charge in [0.25, 0.3) is 0 Å². The molecule has 0 saturated carbocycles. The zero-order valence-corrected chi connectivity index (χ0v) is 17.9. The Morgan fingerprint density at radius 1 is 1.16 bits per heavy atom. The highest BCUT2D eigenvalue weighted by Crippen LogP contribution is 2.45. The van der Waals surface area contributed by atoms with E-state index >= 15 is 0 Å². The highest BCUT2D eigenvalue weighted by molar-refractivity contribution is 5.92. The van der Waals surface area contributed by atoms with E-state index < -0.39 is 12.5 Å². The van der Waals surface area contributed by atoms with E-state index in [1.54, 1.807) is 12.1 Å². The second-order valence-corrected chi connectivity index (χ2v) is 9.16. The van der Waals surface area contributed by atoms with Crippen molar-refractivity contribution in [3.8, 4) is 5.75 Å². The summed E-state index contributed by atoms with van der Waals surface area (Å²) < 4.78 is 39.0. The molecule has 32 heavy (non-hydrogen) atoms. The second-order valence-electron chi connectivity index (χ2n) is 9.16. The monoisotopic (exact) mass is 439 g/mol. The molecule has 9 heteroatoms. The summed E-state index contributed by atoms with van der Waals surface area (Å²) in [6.07, 6.45) is 1.87. The molecule has 2 aromatic heterocycles. The number of anilines is 2. The first-order valence-corrected chi connectivity index (χ1v) is 10.7. The molecule has 5 heterocycles. The Balaban J connectivity index is 1.33. The van der Waals surface area contributed by atoms with Gasteiger partial charge < -0.3 is 19.7 Å². The molecular weight excluding hydrogens is 416 g/mol. The molecule has 3 aromatic rings. The number of rotatable bonds is 4. The Kier molecular flexibility index (Phi) is 4.11. The molecule has 0 aliphatic carbocycles. The molecule has 3 aliphatic rings. The third-order valence-corrected chi connectivity index (χ3v) is 6.66. The number of halogens is 2. The quantitative estimate of drug-likeness (QED) is 0.662. The van der Waals surface area contributed by atoms with Crippen LogP contribution in [0.4, 0.5) is 20.3 Å². The van der Waals surface area contributed by atoms with Gasteiger partial charge in [0.15, 0.2) is 12.4 Å². The lowest BCUT2D eigenvalue weighted by atomic mass is 9.78. The van der Waals surface area contributed by atoms with Crippen LogP contribution in [0.25, 0.3) is 10.9 Å². The van der Waals surface area contributed by atoms with E-state index in [1.165, 1.54) is 6.07 Å². The number of aryl methyl sites for hydroxylation is 1. The summed E-state index contributed by atoms with van der Waals surface area (Å²) >= 11 is 0. The Hall–Kier alpha value is -3.07. The van der Waals surface area contributed by atoms with E-state index in [-0.39, 0.29) is 17.4 Å². The minimum absolute atomic E-state index is 0.0702. The third-order valence-electron chi connectivity index (χ3n) is 6.66. The topological polar surface area (TPSA) is 72.4 Å².